The van der Waals surface area contributed by atoms with Crippen LogP contribution in [0.25, 0.3) is 0 Å². The molecule has 2 N–H and O–H groups in total. The molecular weight excluding hydrogens is 516 g/mol. The van der Waals surface area contributed by atoms with E-state index < -0.39 is 0 Å². The standard InChI is InChI=1S/C30H41ClN4O4/c1-4-35(23-5-9-38-10-6-23)27-16-21(24-15-22(24)18-34-7-11-39-12-8-34)14-25(28(27)31)29(36)32-17-26-19(2)13-20(3)33-30(26)37/h13-14,16,22-24H,4-12,15,17-18H2,1-3H3,(H,32,36)(H,33,37). The monoisotopic (exact) mass is 556 g/mol. The maximum atomic E-state index is 13.6. The highest BCUT2D eigenvalue weighted by Gasteiger charge is 2.40. The molecular formula is C30H41ClN4O4. The highest BCUT2D eigenvalue weighted by atomic mass is 35.5. The molecule has 2 aliphatic heterocycles. The van der Waals surface area contributed by atoms with E-state index in [9.17, 15) is 9.59 Å². The number of rotatable bonds is 9. The third-order valence-electron chi connectivity index (χ3n) is 8.47. The van der Waals surface area contributed by atoms with E-state index in [-0.39, 0.29) is 18.0 Å². The number of nitrogens with one attached hydrogen (secondary N) is 2. The maximum absolute atomic E-state index is 13.6. The minimum Gasteiger partial charge on any atom is -0.381 e. The van der Waals surface area contributed by atoms with Crippen LogP contribution in [0.5, 0.6) is 0 Å². The van der Waals surface area contributed by atoms with Gasteiger partial charge in [-0.25, -0.2) is 0 Å². The van der Waals surface area contributed by atoms with E-state index in [0.717, 1.165) is 88.8 Å². The van der Waals surface area contributed by atoms with Crippen LogP contribution in [0.15, 0.2) is 23.0 Å². The number of halogens is 1. The first-order valence-corrected chi connectivity index (χ1v) is 14.7. The SMILES string of the molecule is CCN(c1cc(C2CC2CN2CCOCC2)cc(C(=O)NCc2c(C)cc(C)[nH]c2=O)c1Cl)C1CCOCC1. The van der Waals surface area contributed by atoms with Crippen molar-refractivity contribution in [2.45, 2.75) is 58.5 Å². The summed E-state index contributed by atoms with van der Waals surface area (Å²) in [5.41, 5.74) is 4.63. The fourth-order valence-electron chi connectivity index (χ4n) is 6.18. The van der Waals surface area contributed by atoms with Crippen LogP contribution in [0.2, 0.25) is 5.02 Å². The summed E-state index contributed by atoms with van der Waals surface area (Å²) >= 11 is 7.03. The Morgan fingerprint density at radius 3 is 2.54 bits per heavy atom. The number of morpholine rings is 1. The summed E-state index contributed by atoms with van der Waals surface area (Å²) in [4.78, 5) is 33.8. The van der Waals surface area contributed by atoms with Crippen LogP contribution in [0.1, 0.15) is 64.8 Å². The Bertz CT molecular complexity index is 1240. The maximum Gasteiger partial charge on any atom is 0.253 e. The number of hydrogen-bond donors (Lipinski definition) is 2. The van der Waals surface area contributed by atoms with Crippen LogP contribution in [0.3, 0.4) is 0 Å². The minimum atomic E-state index is -0.254. The van der Waals surface area contributed by atoms with Crippen LogP contribution >= 0.6 is 11.6 Å². The van der Waals surface area contributed by atoms with Crippen molar-refractivity contribution >= 4 is 23.2 Å². The third kappa shape index (κ3) is 6.51. The first-order chi connectivity index (χ1) is 18.9. The summed E-state index contributed by atoms with van der Waals surface area (Å²) in [5, 5.41) is 3.46. The second-order valence-corrected chi connectivity index (χ2v) is 11.6. The molecule has 39 heavy (non-hydrogen) atoms. The van der Waals surface area contributed by atoms with Gasteiger partial charge in [0.2, 0.25) is 0 Å². The molecule has 1 aromatic carbocycles. The van der Waals surface area contributed by atoms with Crippen LogP contribution in [0.4, 0.5) is 5.69 Å². The summed E-state index contributed by atoms with van der Waals surface area (Å²) in [6.07, 6.45) is 2.99. The van der Waals surface area contributed by atoms with E-state index in [4.69, 9.17) is 21.1 Å². The van der Waals surface area contributed by atoms with Crippen molar-refractivity contribution in [3.8, 4) is 0 Å². The first-order valence-electron chi connectivity index (χ1n) is 14.3. The molecule has 0 spiro atoms. The Morgan fingerprint density at radius 1 is 1.13 bits per heavy atom. The molecule has 3 aliphatic rings. The lowest BCUT2D eigenvalue weighted by Gasteiger charge is -2.36. The molecule has 2 saturated heterocycles. The molecule has 1 amide bonds. The van der Waals surface area contributed by atoms with E-state index in [2.05, 4.69) is 33.1 Å². The number of aryl methyl sites for hydroxylation is 2. The number of carbonyl (C=O) groups is 1. The molecule has 212 valence electrons. The average Bonchev–Trinajstić information content (AvgIpc) is 3.69. The lowest BCUT2D eigenvalue weighted by atomic mass is 10.00. The van der Waals surface area contributed by atoms with Crippen molar-refractivity contribution < 1.29 is 14.3 Å². The molecule has 3 heterocycles. The van der Waals surface area contributed by atoms with Gasteiger partial charge in [-0.15, -0.1) is 0 Å². The molecule has 1 aliphatic carbocycles. The molecule has 2 atom stereocenters. The van der Waals surface area contributed by atoms with Gasteiger partial charge in [0.25, 0.3) is 11.5 Å². The predicted molar refractivity (Wildman–Crippen MR) is 154 cm³/mol. The number of benzene rings is 1. The number of nitrogens with zero attached hydrogens (tertiary/aromatic N) is 2. The van der Waals surface area contributed by atoms with Gasteiger partial charge in [-0.3, -0.25) is 14.5 Å². The van der Waals surface area contributed by atoms with Crippen molar-refractivity contribution in [3.05, 3.63) is 61.5 Å². The van der Waals surface area contributed by atoms with Gasteiger partial charge in [-0.1, -0.05) is 11.6 Å². The van der Waals surface area contributed by atoms with Gasteiger partial charge in [0.15, 0.2) is 0 Å². The number of anilines is 1. The number of aromatic nitrogens is 1. The number of ether oxygens (including phenoxy) is 2. The molecule has 2 unspecified atom stereocenters. The average molecular weight is 557 g/mol. The zero-order valence-corrected chi connectivity index (χ0v) is 24.1. The Labute approximate surface area is 236 Å². The van der Waals surface area contributed by atoms with Gasteiger partial charge in [0.1, 0.15) is 0 Å². The molecule has 8 nitrogen and oxygen atoms in total. The zero-order chi connectivity index (χ0) is 27.5. The molecule has 0 radical (unpaired) electrons. The summed E-state index contributed by atoms with van der Waals surface area (Å²) < 4.78 is 11.1. The normalized spacial score (nSPS) is 22.1. The molecule has 1 aromatic heterocycles. The molecule has 9 heteroatoms. The van der Waals surface area contributed by atoms with Gasteiger partial charge < -0.3 is 24.7 Å². The van der Waals surface area contributed by atoms with Crippen molar-refractivity contribution in [2.24, 2.45) is 5.92 Å². The number of H-pyrrole nitrogens is 1. The predicted octanol–water partition coefficient (Wildman–Crippen LogP) is 4.02. The Morgan fingerprint density at radius 2 is 1.85 bits per heavy atom. The van der Waals surface area contributed by atoms with Gasteiger partial charge in [0, 0.05) is 63.2 Å². The van der Waals surface area contributed by atoms with Crippen molar-refractivity contribution in [2.75, 3.05) is 57.5 Å². The van der Waals surface area contributed by atoms with Crippen LogP contribution in [0, 0.1) is 19.8 Å². The quantitative estimate of drug-likeness (QED) is 0.485. The third-order valence-corrected chi connectivity index (χ3v) is 8.87. The number of carbonyl (C=O) groups excluding carboxylic acids is 1. The molecule has 3 fully saturated rings. The largest absolute Gasteiger partial charge is 0.381 e. The number of amides is 1. The minimum absolute atomic E-state index is 0.150. The van der Waals surface area contributed by atoms with Crippen LogP contribution < -0.4 is 15.8 Å². The molecule has 5 rings (SSSR count). The highest BCUT2D eigenvalue weighted by Crippen LogP contribution is 2.50. The van der Waals surface area contributed by atoms with E-state index in [1.54, 1.807) is 0 Å². The van der Waals surface area contributed by atoms with E-state index in [1.165, 1.54) is 5.56 Å². The number of pyridine rings is 1. The smallest absolute Gasteiger partial charge is 0.253 e. The summed E-state index contributed by atoms with van der Waals surface area (Å²) in [7, 11) is 0. The van der Waals surface area contributed by atoms with Crippen molar-refractivity contribution in [1.82, 2.24) is 15.2 Å². The summed E-state index contributed by atoms with van der Waals surface area (Å²) in [5.74, 6) is 0.724. The molecule has 1 saturated carbocycles. The number of hydrogen-bond acceptors (Lipinski definition) is 6. The van der Waals surface area contributed by atoms with Gasteiger partial charge in [0.05, 0.1) is 29.5 Å². The fraction of sp³-hybridized carbons (Fsp3) is 0.600. The van der Waals surface area contributed by atoms with Gasteiger partial charge >= 0.3 is 0 Å². The van der Waals surface area contributed by atoms with E-state index >= 15 is 0 Å². The van der Waals surface area contributed by atoms with Gasteiger partial charge in [-0.2, -0.15) is 0 Å². The van der Waals surface area contributed by atoms with Crippen molar-refractivity contribution in [1.29, 1.82) is 0 Å². The Balaban J connectivity index is 1.41. The summed E-state index contributed by atoms with van der Waals surface area (Å²) in [6.45, 7) is 12.9. The van der Waals surface area contributed by atoms with Gasteiger partial charge in [-0.05, 0) is 81.2 Å². The fourth-order valence-corrected chi connectivity index (χ4v) is 6.48. The highest BCUT2D eigenvalue weighted by molar-refractivity contribution is 6.36. The van der Waals surface area contributed by atoms with Crippen molar-refractivity contribution in [3.63, 3.8) is 0 Å². The van der Waals surface area contributed by atoms with Crippen LogP contribution in [-0.2, 0) is 16.0 Å². The topological polar surface area (TPSA) is 86.9 Å². The van der Waals surface area contributed by atoms with E-state index in [0.29, 0.717) is 34.0 Å². The zero-order valence-electron chi connectivity index (χ0n) is 23.4. The Hall–Kier alpha value is -2.39. The summed E-state index contributed by atoms with van der Waals surface area (Å²) in [6, 6.07) is 6.44. The molecule has 2 aromatic rings. The second kappa shape index (κ2) is 12.4. The lowest BCUT2D eigenvalue weighted by molar-refractivity contribution is 0.0355. The molecule has 0 bridgehead atoms. The van der Waals surface area contributed by atoms with Crippen LogP contribution in [-0.4, -0.2) is 74.4 Å². The Kier molecular flexibility index (Phi) is 8.96. The number of aromatic amines is 1. The second-order valence-electron chi connectivity index (χ2n) is 11.2. The first kappa shape index (κ1) is 28.1. The lowest BCUT2D eigenvalue weighted by Crippen LogP contribution is -2.40. The van der Waals surface area contributed by atoms with E-state index in [1.807, 2.05) is 26.0 Å².